The second kappa shape index (κ2) is 22.2. The molecule has 3 rings (SSSR count). The molecule has 0 aromatic heterocycles. The lowest BCUT2D eigenvalue weighted by Crippen LogP contribution is -2.58. The van der Waals surface area contributed by atoms with Crippen molar-refractivity contribution in [1.29, 1.82) is 0 Å². The highest BCUT2D eigenvalue weighted by Gasteiger charge is 2.41. The molecule has 0 saturated carbocycles. The zero-order valence-corrected chi connectivity index (χ0v) is 32.9. The van der Waals surface area contributed by atoms with Crippen molar-refractivity contribution in [2.24, 2.45) is 17.2 Å². The Hall–Kier alpha value is -5.81. The molecule has 0 unspecified atom stereocenters. The molecule has 2 fully saturated rings. The summed E-state index contributed by atoms with van der Waals surface area (Å²) in [6, 6.07) is -10.5. The molecule has 22 nitrogen and oxygen atoms in total. The van der Waals surface area contributed by atoms with Crippen molar-refractivity contribution in [3.63, 3.8) is 0 Å². The Balaban J connectivity index is 2.00. The number of hydrogen-bond donors (Lipinski definition) is 11. The number of nitrogens with one attached hydrogen (secondary N) is 6. The Morgan fingerprint density at radius 1 is 0.689 bits per heavy atom. The number of amides is 9. The molecule has 336 valence electrons. The zero-order chi connectivity index (χ0) is 45.9. The average Bonchev–Trinajstić information content (AvgIpc) is 3.59. The van der Waals surface area contributed by atoms with Crippen molar-refractivity contribution in [1.82, 2.24) is 36.8 Å². The number of nitrogens with zero attached hydrogens (tertiary/aromatic N) is 1. The van der Waals surface area contributed by atoms with E-state index in [1.54, 1.807) is 0 Å². The Morgan fingerprint density at radius 3 is 1.82 bits per heavy atom. The fourth-order valence-electron chi connectivity index (χ4n) is 5.63. The van der Waals surface area contributed by atoms with E-state index in [0.717, 1.165) is 21.6 Å². The minimum Gasteiger partial charge on any atom is -0.481 e. The first-order chi connectivity index (χ1) is 28.5. The van der Waals surface area contributed by atoms with Crippen LogP contribution in [-0.4, -0.2) is 148 Å². The summed E-state index contributed by atoms with van der Waals surface area (Å²) in [5.41, 5.74) is 14.9. The molecule has 9 amide bonds. The molecular formula is C32H39F5N10O12S2. The summed E-state index contributed by atoms with van der Waals surface area (Å²) in [5, 5.41) is 31.9. The molecule has 61 heavy (non-hydrogen) atoms. The van der Waals surface area contributed by atoms with Gasteiger partial charge >= 0.3 is 5.97 Å². The maximum absolute atomic E-state index is 14.7. The van der Waals surface area contributed by atoms with Gasteiger partial charge in [0, 0.05) is 36.5 Å². The molecular weight excluding hydrogens is 876 g/mol. The van der Waals surface area contributed by atoms with E-state index < -0.39 is 181 Å². The van der Waals surface area contributed by atoms with E-state index in [-0.39, 0.29) is 11.5 Å². The fraction of sp³-hybridized carbons (Fsp3) is 0.500. The Morgan fingerprint density at radius 2 is 1.23 bits per heavy atom. The van der Waals surface area contributed by atoms with Crippen LogP contribution in [0.1, 0.15) is 24.8 Å². The number of halogens is 5. The van der Waals surface area contributed by atoms with E-state index >= 15 is 0 Å². The first kappa shape index (κ1) is 49.6. The normalized spacial score (nSPS) is 25.9. The SMILES string of the molecule is NC(=O)C[C@@H]1NC(=O)[C@@H]2C[C@@H](O)CN2C(=O)CNC(=O)[C@H](Cc2c(F)c(F)c(F)c(F)c2F)NC(=O)CNC(=O)[C@@H](CC(=O)O)NC(=O)[C@H](N)CSSC[C@H](C(N)=O)NC1=O. The van der Waals surface area contributed by atoms with Crippen LogP contribution in [0, 0.1) is 29.1 Å². The number of aliphatic hydroxyl groups excluding tert-OH is 1. The van der Waals surface area contributed by atoms with E-state index in [9.17, 15) is 80.1 Å². The Labute approximate surface area is 348 Å². The molecule has 0 aliphatic carbocycles. The molecule has 7 atom stereocenters. The second-order valence-corrected chi connectivity index (χ2v) is 15.8. The number of aliphatic hydroxyl groups is 1. The van der Waals surface area contributed by atoms with E-state index in [2.05, 4.69) is 16.0 Å². The third-order valence-electron chi connectivity index (χ3n) is 8.71. The smallest absolute Gasteiger partial charge is 0.305 e. The van der Waals surface area contributed by atoms with Gasteiger partial charge < -0.3 is 64.2 Å². The molecule has 2 aliphatic rings. The number of carboxylic acids is 1. The molecule has 29 heteroatoms. The number of primary amides is 2. The number of carbonyl (C=O) groups excluding carboxylic acids is 9. The molecule has 2 heterocycles. The van der Waals surface area contributed by atoms with Gasteiger partial charge in [-0.3, -0.25) is 47.9 Å². The summed E-state index contributed by atoms with van der Waals surface area (Å²) < 4.78 is 71.3. The lowest BCUT2D eigenvalue weighted by molar-refractivity contribution is -0.141. The van der Waals surface area contributed by atoms with Crippen molar-refractivity contribution in [2.45, 2.75) is 68.0 Å². The minimum atomic E-state index is -2.55. The number of hydrogen-bond acceptors (Lipinski definition) is 14. The van der Waals surface area contributed by atoms with Crippen molar-refractivity contribution in [3.8, 4) is 0 Å². The molecule has 0 bridgehead atoms. The summed E-state index contributed by atoms with van der Waals surface area (Å²) in [6.07, 6.45) is -5.24. The van der Waals surface area contributed by atoms with E-state index in [0.29, 0.717) is 4.90 Å². The van der Waals surface area contributed by atoms with Gasteiger partial charge in [-0.25, -0.2) is 22.0 Å². The highest BCUT2D eigenvalue weighted by Crippen LogP contribution is 2.25. The standard InChI is InChI=1S/C32H39F5N10O12S2/c33-22-11(23(34)25(36)26(37)24(22)35)2-13-29(56)42-6-20(51)47-7-10(48)1-17(47)32(59)45-14(3-18(39)49)31(58)46-16(27(40)54)9-61-60-8-12(38)28(55)44-15(4-21(52)53)30(57)41-5-19(50)43-13/h10,12-17,48H,1-9,38H2,(H2,39,49)(H2,40,54)(H,41,57)(H,42,56)(H,43,50)(H,44,55)(H,45,59)(H,46,58)(H,52,53)/t10-,12-,13+,14+,15-,16-,17+/m1/s1. The van der Waals surface area contributed by atoms with Crippen molar-refractivity contribution in [2.75, 3.05) is 31.1 Å². The van der Waals surface area contributed by atoms with Crippen molar-refractivity contribution in [3.05, 3.63) is 34.6 Å². The number of rotatable bonds is 7. The lowest BCUT2D eigenvalue weighted by atomic mass is 10.0. The quantitative estimate of drug-likeness (QED) is 0.0527. The number of carbonyl (C=O) groups is 10. The van der Waals surface area contributed by atoms with Crippen LogP contribution in [0.5, 0.6) is 0 Å². The third kappa shape index (κ3) is 13.9. The zero-order valence-electron chi connectivity index (χ0n) is 31.3. The Kier molecular flexibility index (Phi) is 18.0. The topological polar surface area (TPSA) is 365 Å². The van der Waals surface area contributed by atoms with Crippen LogP contribution >= 0.6 is 21.6 Å². The first-order valence-electron chi connectivity index (χ1n) is 17.5. The Bertz CT molecular complexity index is 1930. The van der Waals surface area contributed by atoms with Crippen LogP contribution in [0.4, 0.5) is 22.0 Å². The summed E-state index contributed by atoms with van der Waals surface area (Å²) in [4.78, 5) is 128. The van der Waals surface area contributed by atoms with Crippen LogP contribution in [0.3, 0.4) is 0 Å². The number of aliphatic carboxylic acids is 1. The van der Waals surface area contributed by atoms with E-state index in [1.807, 2.05) is 16.0 Å². The highest BCUT2D eigenvalue weighted by molar-refractivity contribution is 8.76. The summed E-state index contributed by atoms with van der Waals surface area (Å²) in [5.74, 6) is -25.3. The van der Waals surface area contributed by atoms with Gasteiger partial charge in [0.1, 0.15) is 30.2 Å². The highest BCUT2D eigenvalue weighted by atomic mass is 33.1. The van der Waals surface area contributed by atoms with Gasteiger partial charge in [0.15, 0.2) is 23.3 Å². The monoisotopic (exact) mass is 914 g/mol. The minimum absolute atomic E-state index is 0.269. The van der Waals surface area contributed by atoms with E-state index in [1.165, 1.54) is 0 Å². The van der Waals surface area contributed by atoms with Crippen LogP contribution in [0.2, 0.25) is 0 Å². The van der Waals surface area contributed by atoms with Crippen molar-refractivity contribution < 1.29 is 80.1 Å². The predicted octanol–water partition coefficient (Wildman–Crippen LogP) is -5.38. The van der Waals surface area contributed by atoms with Crippen molar-refractivity contribution >= 4 is 80.7 Å². The van der Waals surface area contributed by atoms with Crippen LogP contribution in [0.15, 0.2) is 0 Å². The van der Waals surface area contributed by atoms with Gasteiger partial charge in [-0.1, -0.05) is 21.6 Å². The lowest BCUT2D eigenvalue weighted by Gasteiger charge is -2.27. The molecule has 14 N–H and O–H groups in total. The first-order valence-corrected chi connectivity index (χ1v) is 20.0. The predicted molar refractivity (Wildman–Crippen MR) is 198 cm³/mol. The average molecular weight is 915 g/mol. The van der Waals surface area contributed by atoms with Gasteiger partial charge in [0.05, 0.1) is 38.1 Å². The largest absolute Gasteiger partial charge is 0.481 e. The van der Waals surface area contributed by atoms with Gasteiger partial charge in [-0.2, -0.15) is 0 Å². The third-order valence-corrected chi connectivity index (χ3v) is 11.2. The molecule has 2 aliphatic heterocycles. The molecule has 1 aromatic carbocycles. The summed E-state index contributed by atoms with van der Waals surface area (Å²) in [7, 11) is 1.70. The van der Waals surface area contributed by atoms with Crippen LogP contribution in [-0.2, 0) is 54.4 Å². The van der Waals surface area contributed by atoms with E-state index in [4.69, 9.17) is 17.2 Å². The number of benzene rings is 1. The maximum atomic E-state index is 14.7. The van der Waals surface area contributed by atoms with Gasteiger partial charge in [-0.05, 0) is 0 Å². The molecule has 0 spiro atoms. The summed E-state index contributed by atoms with van der Waals surface area (Å²) in [6.45, 7) is -2.83. The second-order valence-electron chi connectivity index (χ2n) is 13.3. The van der Waals surface area contributed by atoms with Crippen LogP contribution < -0.4 is 49.1 Å². The van der Waals surface area contributed by atoms with Gasteiger partial charge in [0.25, 0.3) is 0 Å². The molecule has 1 aromatic rings. The maximum Gasteiger partial charge on any atom is 0.305 e. The molecule has 2 saturated heterocycles. The fourth-order valence-corrected chi connectivity index (χ4v) is 7.93. The van der Waals surface area contributed by atoms with Gasteiger partial charge in [0.2, 0.25) is 59.0 Å². The number of fused-ring (bicyclic) bond motifs is 1. The van der Waals surface area contributed by atoms with Gasteiger partial charge in [-0.15, -0.1) is 0 Å². The number of nitrogens with two attached hydrogens (primary N) is 3. The molecule has 0 radical (unpaired) electrons. The van der Waals surface area contributed by atoms with Crippen LogP contribution in [0.25, 0.3) is 0 Å². The number of carboxylic acid groups (broad SMARTS) is 1. The summed E-state index contributed by atoms with van der Waals surface area (Å²) >= 11 is 0.